The van der Waals surface area contributed by atoms with Crippen LogP contribution in [-0.4, -0.2) is 161 Å². The van der Waals surface area contributed by atoms with Crippen molar-refractivity contribution in [3.05, 3.63) is 68.9 Å². The standard InChI is InChI=1S/C43H59FN6O7S.2C2HF3O2/c1-4-30(5-2)41-46-34(28-58-41)42(54)50-22-25-57-43(29-50)15-19-48(20-16-43)26-33-9-7-8-31(38(33)44)13-23-55-24-14-37(53)49(6-3)21-18-45-17-12-32-10-11-35(51)39-40(32)56-27-36(52)47-39;2*3-2(4,5)1(6)7/h7-11,28,30,45,51H,4-6,12-27,29H2,1-3H3,(H,47,52);2*(H,6,7). The Kier molecular flexibility index (Phi) is 22.5. The molecule has 1 spiro atoms. The third-order valence-electron chi connectivity index (χ3n) is 12.1. The molecule has 17 nitrogen and oxygen atoms in total. The van der Waals surface area contributed by atoms with E-state index in [1.165, 1.54) is 0 Å². The number of halogens is 7. The monoisotopic (exact) mass is 1050 g/mol. The summed E-state index contributed by atoms with van der Waals surface area (Å²) >= 11 is 1.58. The number of likely N-dealkylation sites (N-methyl/N-ethyl adjacent to an activating group) is 1. The minimum atomic E-state index is -5.08. The summed E-state index contributed by atoms with van der Waals surface area (Å²) in [5.41, 5.74) is 2.57. The van der Waals surface area contributed by atoms with E-state index in [0.717, 1.165) is 49.3 Å². The number of carboxylic acids is 2. The first-order valence-electron chi connectivity index (χ1n) is 23.3. The molecule has 2 fully saturated rings. The summed E-state index contributed by atoms with van der Waals surface area (Å²) in [6, 6.07) is 8.85. The number of morpholine rings is 1. The molecule has 400 valence electrons. The number of aromatic nitrogens is 1. The van der Waals surface area contributed by atoms with Gasteiger partial charge in [0.25, 0.3) is 11.8 Å². The Hall–Kier alpha value is -5.63. The Morgan fingerprint density at radius 2 is 1.58 bits per heavy atom. The molecular weight excluding hydrogens is 990 g/mol. The first-order valence-corrected chi connectivity index (χ1v) is 24.2. The first kappa shape index (κ1) is 58.9. The molecule has 0 radical (unpaired) electrons. The lowest BCUT2D eigenvalue weighted by molar-refractivity contribution is -0.193. The SMILES string of the molecule is CCC(CC)c1nc(C(=O)N2CCOC3(CCN(Cc4cccc(CCOCCC(=O)N(CC)CCNCCc5ccc(O)c6c5OCC(=O)N6)c4F)CC3)C2)cs1.O=C(O)C(F)(F)F.O=C(O)C(F)(F)F. The van der Waals surface area contributed by atoms with Gasteiger partial charge in [0.2, 0.25) is 5.91 Å². The molecule has 3 aliphatic rings. The quantitative estimate of drug-likeness (QED) is 0.0484. The Bertz CT molecular complexity index is 2270. The van der Waals surface area contributed by atoms with E-state index in [4.69, 9.17) is 39.0 Å². The number of alkyl halides is 6. The molecule has 3 amide bonds. The number of carbonyl (C=O) groups excluding carboxylic acids is 3. The third-order valence-corrected chi connectivity index (χ3v) is 13.1. The van der Waals surface area contributed by atoms with Crippen LogP contribution in [0.2, 0.25) is 0 Å². The minimum Gasteiger partial charge on any atom is -0.506 e. The summed E-state index contributed by atoms with van der Waals surface area (Å²) in [5, 5.41) is 33.3. The molecule has 0 saturated carbocycles. The fourth-order valence-corrected chi connectivity index (χ4v) is 9.10. The average Bonchev–Trinajstić information content (AvgIpc) is 3.82. The molecule has 25 heteroatoms. The summed E-state index contributed by atoms with van der Waals surface area (Å²) in [6.07, 6.45) is -5.32. The van der Waals surface area contributed by atoms with Gasteiger partial charge in [-0.1, -0.05) is 38.1 Å². The van der Waals surface area contributed by atoms with Crippen LogP contribution in [0.1, 0.15) is 91.0 Å². The molecule has 5 N–H and O–H groups in total. The van der Waals surface area contributed by atoms with Crippen molar-refractivity contribution in [2.75, 3.05) is 84.1 Å². The lowest BCUT2D eigenvalue weighted by atomic mass is 9.89. The second-order valence-corrected chi connectivity index (χ2v) is 17.9. The van der Waals surface area contributed by atoms with Crippen LogP contribution < -0.4 is 15.4 Å². The number of fused-ring (bicyclic) bond motifs is 1. The van der Waals surface area contributed by atoms with E-state index >= 15 is 4.39 Å². The molecule has 6 rings (SSSR count). The van der Waals surface area contributed by atoms with E-state index < -0.39 is 29.9 Å². The zero-order valence-electron chi connectivity index (χ0n) is 40.1. The molecule has 0 atom stereocenters. The number of aliphatic carboxylic acids is 2. The van der Waals surface area contributed by atoms with Gasteiger partial charge in [-0.15, -0.1) is 11.3 Å². The van der Waals surface area contributed by atoms with Crippen LogP contribution in [0.5, 0.6) is 11.5 Å². The number of nitrogens with one attached hydrogen (secondary N) is 2. The second-order valence-electron chi connectivity index (χ2n) is 17.0. The number of rotatable bonds is 19. The summed E-state index contributed by atoms with van der Waals surface area (Å²) in [7, 11) is 0. The maximum absolute atomic E-state index is 15.7. The van der Waals surface area contributed by atoms with Crippen molar-refractivity contribution in [2.24, 2.45) is 0 Å². The molecule has 0 bridgehead atoms. The molecule has 0 aliphatic carbocycles. The Balaban J connectivity index is 0.000000703. The smallest absolute Gasteiger partial charge is 0.490 e. The van der Waals surface area contributed by atoms with Crippen LogP contribution in [0.15, 0.2) is 35.7 Å². The van der Waals surface area contributed by atoms with Gasteiger partial charge in [0.15, 0.2) is 12.4 Å². The van der Waals surface area contributed by atoms with Crippen molar-refractivity contribution in [2.45, 2.75) is 96.1 Å². The van der Waals surface area contributed by atoms with E-state index in [-0.39, 0.29) is 48.9 Å². The van der Waals surface area contributed by atoms with Crippen LogP contribution >= 0.6 is 11.3 Å². The van der Waals surface area contributed by atoms with E-state index in [1.807, 2.05) is 29.3 Å². The highest BCUT2D eigenvalue weighted by Crippen LogP contribution is 2.39. The number of phenols is 1. The maximum Gasteiger partial charge on any atom is 0.490 e. The molecular formula is C47H61F7N6O11S. The highest BCUT2D eigenvalue weighted by atomic mass is 32.1. The summed E-state index contributed by atoms with van der Waals surface area (Å²) in [5.74, 6) is -5.19. The van der Waals surface area contributed by atoms with Crippen molar-refractivity contribution in [3.8, 4) is 11.5 Å². The first-order chi connectivity index (χ1) is 34.0. The fraction of sp³-hybridized carbons (Fsp3) is 0.574. The number of carboxylic acid groups (broad SMARTS) is 2. The highest BCUT2D eigenvalue weighted by Gasteiger charge is 2.42. The average molecular weight is 1050 g/mol. The van der Waals surface area contributed by atoms with Crippen molar-refractivity contribution in [1.29, 1.82) is 0 Å². The fourth-order valence-electron chi connectivity index (χ4n) is 8.04. The number of ether oxygens (including phenoxy) is 3. The number of benzene rings is 2. The Morgan fingerprint density at radius 1 is 0.931 bits per heavy atom. The zero-order valence-corrected chi connectivity index (χ0v) is 41.0. The van der Waals surface area contributed by atoms with Crippen molar-refractivity contribution < 1.29 is 84.2 Å². The minimum absolute atomic E-state index is 0.000961. The number of piperidine rings is 1. The molecule has 3 aromatic rings. The zero-order chi connectivity index (χ0) is 53.2. The number of nitrogens with zero attached hydrogens (tertiary/aromatic N) is 4. The number of hydrogen-bond acceptors (Lipinski definition) is 13. The van der Waals surface area contributed by atoms with Crippen LogP contribution in [0.25, 0.3) is 0 Å². The van der Waals surface area contributed by atoms with Gasteiger partial charge in [-0.2, -0.15) is 26.3 Å². The number of hydrogen-bond donors (Lipinski definition) is 5. The highest BCUT2D eigenvalue weighted by molar-refractivity contribution is 7.09. The summed E-state index contributed by atoms with van der Waals surface area (Å²) in [6.45, 7) is 12.7. The largest absolute Gasteiger partial charge is 0.506 e. The molecule has 72 heavy (non-hydrogen) atoms. The van der Waals surface area contributed by atoms with Crippen molar-refractivity contribution in [1.82, 2.24) is 25.0 Å². The molecule has 4 heterocycles. The van der Waals surface area contributed by atoms with Crippen LogP contribution in [0, 0.1) is 5.82 Å². The Labute approximate surface area is 415 Å². The number of anilines is 1. The molecule has 2 aromatic carbocycles. The van der Waals surface area contributed by atoms with Crippen molar-refractivity contribution >= 4 is 46.7 Å². The van der Waals surface area contributed by atoms with Gasteiger partial charge in [-0.05, 0) is 69.2 Å². The maximum atomic E-state index is 15.7. The normalized spacial score (nSPS) is 15.6. The predicted molar refractivity (Wildman–Crippen MR) is 249 cm³/mol. The molecule has 0 unspecified atom stereocenters. The number of aromatic hydroxyl groups is 1. The van der Waals surface area contributed by atoms with Crippen LogP contribution in [0.4, 0.5) is 36.4 Å². The van der Waals surface area contributed by atoms with E-state index in [2.05, 4.69) is 29.4 Å². The third kappa shape index (κ3) is 17.5. The van der Waals surface area contributed by atoms with E-state index in [0.29, 0.717) is 106 Å². The number of carbonyl (C=O) groups is 5. The van der Waals surface area contributed by atoms with Crippen LogP contribution in [0.3, 0.4) is 0 Å². The summed E-state index contributed by atoms with van der Waals surface area (Å²) < 4.78 is 96.8. The van der Waals surface area contributed by atoms with Gasteiger partial charge in [-0.25, -0.2) is 19.0 Å². The van der Waals surface area contributed by atoms with Gasteiger partial charge < -0.3 is 50.0 Å². The van der Waals surface area contributed by atoms with Crippen LogP contribution in [-0.2, 0) is 48.0 Å². The van der Waals surface area contributed by atoms with E-state index in [1.54, 1.807) is 34.4 Å². The molecule has 1 aromatic heterocycles. The predicted octanol–water partition coefficient (Wildman–Crippen LogP) is 6.63. The number of likely N-dealkylation sites (tertiary alicyclic amines) is 1. The van der Waals surface area contributed by atoms with Gasteiger partial charge in [0.05, 0.1) is 43.4 Å². The second kappa shape index (κ2) is 27.4. The van der Waals surface area contributed by atoms with Gasteiger partial charge in [0, 0.05) is 62.7 Å². The van der Waals surface area contributed by atoms with E-state index in [9.17, 15) is 45.8 Å². The topological polar surface area (TPSA) is 220 Å². The number of thiazole rings is 1. The molecule has 3 aliphatic heterocycles. The lowest BCUT2D eigenvalue weighted by Crippen LogP contribution is -2.58. The van der Waals surface area contributed by atoms with Gasteiger partial charge in [0.1, 0.15) is 22.9 Å². The lowest BCUT2D eigenvalue weighted by Gasteiger charge is -2.47. The Morgan fingerprint density at radius 3 is 2.21 bits per heavy atom. The number of amides is 3. The van der Waals surface area contributed by atoms with Crippen molar-refractivity contribution in [3.63, 3.8) is 0 Å². The molecule has 2 saturated heterocycles. The summed E-state index contributed by atoms with van der Waals surface area (Å²) in [4.78, 5) is 66.4. The van der Waals surface area contributed by atoms with Gasteiger partial charge >= 0.3 is 24.3 Å². The van der Waals surface area contributed by atoms with Gasteiger partial charge in [-0.3, -0.25) is 19.3 Å². The number of phenolic OH excluding ortho intramolecular Hbond substituents is 1.